The van der Waals surface area contributed by atoms with Crippen molar-refractivity contribution >= 4 is 10.8 Å². The third-order valence-electron chi connectivity index (χ3n) is 2.08. The molecule has 0 amide bonds. The van der Waals surface area contributed by atoms with Gasteiger partial charge in [-0.2, -0.15) is 0 Å². The molecule has 0 saturated heterocycles. The van der Waals surface area contributed by atoms with Crippen LogP contribution >= 0.6 is 0 Å². The van der Waals surface area contributed by atoms with Gasteiger partial charge in [0.2, 0.25) is 0 Å². The maximum Gasteiger partial charge on any atom is 0.0754 e. The Hall–Kier alpha value is -0.630. The quantitative estimate of drug-likeness (QED) is 0.721. The van der Waals surface area contributed by atoms with E-state index in [-0.39, 0.29) is 0 Å². The molecular weight excluding hydrogens is 192 g/mol. The molecule has 1 saturated carbocycles. The zero-order chi connectivity index (χ0) is 9.97. The SMILES string of the molecule is Cc1ccc([S@@](=O)[C]2[CH][CH][CH][CH]2)cc1. The van der Waals surface area contributed by atoms with Crippen LogP contribution in [0.25, 0.3) is 0 Å². The molecule has 71 valence electrons. The minimum absolute atomic E-state index is 0.863. The van der Waals surface area contributed by atoms with Crippen LogP contribution in [-0.2, 0) is 10.8 Å². The second-order valence-corrected chi connectivity index (χ2v) is 4.68. The molecule has 2 rings (SSSR count). The van der Waals surface area contributed by atoms with Crippen LogP contribution in [0.4, 0.5) is 0 Å². The van der Waals surface area contributed by atoms with Crippen LogP contribution < -0.4 is 0 Å². The minimum atomic E-state index is -1.02. The fourth-order valence-electron chi connectivity index (χ4n) is 1.28. The summed E-state index contributed by atoms with van der Waals surface area (Å²) in [7, 11) is -1.02. The third kappa shape index (κ3) is 2.06. The van der Waals surface area contributed by atoms with E-state index in [2.05, 4.69) is 0 Å². The first-order valence-electron chi connectivity index (χ1n) is 4.47. The monoisotopic (exact) mass is 203 g/mol. The molecule has 1 aliphatic carbocycles. The smallest absolute Gasteiger partial charge is 0.0754 e. The lowest BCUT2D eigenvalue weighted by Crippen LogP contribution is -2.02. The fraction of sp³-hybridized carbons (Fsp3) is 0.0833. The van der Waals surface area contributed by atoms with Gasteiger partial charge in [0, 0.05) is 4.90 Å². The summed E-state index contributed by atoms with van der Waals surface area (Å²) in [4.78, 5) is 0.863. The molecular formula is C12H11OS. The van der Waals surface area contributed by atoms with Crippen molar-refractivity contribution in [3.8, 4) is 0 Å². The number of benzene rings is 1. The van der Waals surface area contributed by atoms with Gasteiger partial charge in [0.15, 0.2) is 0 Å². The molecule has 0 spiro atoms. The molecule has 1 nitrogen and oxygen atoms in total. The first-order valence-corrected chi connectivity index (χ1v) is 5.62. The standard InChI is InChI=1S/C12H11OS/c1-10-6-8-12(9-7-10)14(13)11-4-2-3-5-11/h2-9H,1H3/t14-/m0/s1. The summed E-state index contributed by atoms with van der Waals surface area (Å²) >= 11 is 0. The largest absolute Gasteiger partial charge is 0.254 e. The van der Waals surface area contributed by atoms with Gasteiger partial charge in [0.05, 0.1) is 16.0 Å². The third-order valence-corrected chi connectivity index (χ3v) is 3.48. The minimum Gasteiger partial charge on any atom is -0.254 e. The predicted octanol–water partition coefficient (Wildman–Crippen LogP) is 2.47. The zero-order valence-electron chi connectivity index (χ0n) is 7.94. The number of hydrogen-bond donors (Lipinski definition) is 0. The highest BCUT2D eigenvalue weighted by molar-refractivity contribution is 7.88. The fourth-order valence-corrected chi connectivity index (χ4v) is 2.34. The lowest BCUT2D eigenvalue weighted by Gasteiger charge is -2.07. The Bertz CT molecular complexity index is 323. The number of aryl methyl sites for hydroxylation is 1. The van der Waals surface area contributed by atoms with Crippen LogP contribution in [0.5, 0.6) is 0 Å². The van der Waals surface area contributed by atoms with Gasteiger partial charge < -0.3 is 0 Å². The van der Waals surface area contributed by atoms with Crippen LogP contribution in [0.15, 0.2) is 29.2 Å². The molecule has 0 unspecified atom stereocenters. The van der Waals surface area contributed by atoms with E-state index in [1.807, 2.05) is 56.9 Å². The maximum atomic E-state index is 11.9. The Labute approximate surface area is 88.0 Å². The number of hydrogen-bond acceptors (Lipinski definition) is 1. The van der Waals surface area contributed by atoms with Crippen molar-refractivity contribution in [3.63, 3.8) is 0 Å². The highest BCUT2D eigenvalue weighted by atomic mass is 32.2. The molecule has 0 heterocycles. The molecule has 0 aliphatic heterocycles. The van der Waals surface area contributed by atoms with Gasteiger partial charge in [0.25, 0.3) is 0 Å². The van der Waals surface area contributed by atoms with E-state index in [1.54, 1.807) is 0 Å². The van der Waals surface area contributed by atoms with Crippen molar-refractivity contribution in [2.75, 3.05) is 0 Å². The highest BCUT2D eigenvalue weighted by Gasteiger charge is 2.24. The average Bonchev–Trinajstić information content (AvgIpc) is 2.71. The lowest BCUT2D eigenvalue weighted by atomic mass is 10.2. The van der Waals surface area contributed by atoms with Gasteiger partial charge in [0.1, 0.15) is 0 Å². The number of rotatable bonds is 2. The van der Waals surface area contributed by atoms with E-state index in [0.717, 1.165) is 10.1 Å². The Kier molecular flexibility index (Phi) is 3.02. The topological polar surface area (TPSA) is 17.1 Å². The average molecular weight is 203 g/mol. The summed E-state index contributed by atoms with van der Waals surface area (Å²) < 4.78 is 11.9. The molecule has 0 aromatic heterocycles. The van der Waals surface area contributed by atoms with Crippen molar-refractivity contribution < 1.29 is 4.21 Å². The van der Waals surface area contributed by atoms with E-state index in [9.17, 15) is 4.21 Å². The zero-order valence-corrected chi connectivity index (χ0v) is 8.75. The van der Waals surface area contributed by atoms with Gasteiger partial charge in [-0.05, 0) is 44.7 Å². The molecule has 14 heavy (non-hydrogen) atoms. The van der Waals surface area contributed by atoms with Gasteiger partial charge in [-0.25, -0.2) is 0 Å². The van der Waals surface area contributed by atoms with E-state index >= 15 is 0 Å². The van der Waals surface area contributed by atoms with Crippen molar-refractivity contribution in [3.05, 3.63) is 60.8 Å². The Morgan fingerprint density at radius 3 is 2.14 bits per heavy atom. The van der Waals surface area contributed by atoms with Crippen molar-refractivity contribution in [2.45, 2.75) is 11.8 Å². The van der Waals surface area contributed by atoms with Gasteiger partial charge in [-0.3, -0.25) is 4.21 Å². The molecule has 0 bridgehead atoms. The van der Waals surface area contributed by atoms with Crippen molar-refractivity contribution in [1.82, 2.24) is 0 Å². The maximum absolute atomic E-state index is 11.9. The molecule has 1 aromatic carbocycles. The van der Waals surface area contributed by atoms with Crippen molar-refractivity contribution in [2.24, 2.45) is 0 Å². The molecule has 5 radical (unpaired) electrons. The lowest BCUT2D eigenvalue weighted by molar-refractivity contribution is 0.685. The van der Waals surface area contributed by atoms with E-state index in [4.69, 9.17) is 0 Å². The first kappa shape index (κ1) is 9.91. The van der Waals surface area contributed by atoms with Gasteiger partial charge in [-0.15, -0.1) is 0 Å². The highest BCUT2D eigenvalue weighted by Crippen LogP contribution is 2.30. The summed E-state index contributed by atoms with van der Waals surface area (Å²) in [5, 5.41) is 0.869. The molecule has 0 N–H and O–H groups in total. The Balaban J connectivity index is 2.14. The molecule has 2 heteroatoms. The molecule has 1 aliphatic rings. The van der Waals surface area contributed by atoms with Crippen LogP contribution in [0.3, 0.4) is 0 Å². The first-order chi connectivity index (χ1) is 6.77. The summed E-state index contributed by atoms with van der Waals surface area (Å²) in [5.74, 6) is 0. The summed E-state index contributed by atoms with van der Waals surface area (Å²) in [6.07, 6.45) is 7.58. The van der Waals surface area contributed by atoms with E-state index in [1.165, 1.54) is 5.56 Å². The molecule has 1 aromatic rings. The second kappa shape index (κ2) is 4.26. The summed E-state index contributed by atoms with van der Waals surface area (Å²) in [5.41, 5.74) is 1.19. The van der Waals surface area contributed by atoms with Crippen LogP contribution in [0, 0.1) is 37.9 Å². The molecule has 1 fully saturated rings. The summed E-state index contributed by atoms with van der Waals surface area (Å²) in [6.45, 7) is 2.02. The Morgan fingerprint density at radius 2 is 1.57 bits per heavy atom. The van der Waals surface area contributed by atoms with Crippen LogP contribution in [0.1, 0.15) is 5.56 Å². The second-order valence-electron chi connectivity index (χ2n) is 3.20. The Morgan fingerprint density at radius 1 is 1.00 bits per heavy atom. The predicted molar refractivity (Wildman–Crippen MR) is 58.0 cm³/mol. The van der Waals surface area contributed by atoms with Crippen molar-refractivity contribution in [1.29, 1.82) is 0 Å². The van der Waals surface area contributed by atoms with Crippen LogP contribution in [0.2, 0.25) is 0 Å². The van der Waals surface area contributed by atoms with Gasteiger partial charge in [-0.1, -0.05) is 17.7 Å². The molecule has 1 atom stereocenters. The van der Waals surface area contributed by atoms with Gasteiger partial charge >= 0.3 is 0 Å². The summed E-state index contributed by atoms with van der Waals surface area (Å²) in [6, 6.07) is 7.79. The van der Waals surface area contributed by atoms with E-state index < -0.39 is 10.8 Å². The van der Waals surface area contributed by atoms with Crippen LogP contribution in [-0.4, -0.2) is 4.21 Å². The van der Waals surface area contributed by atoms with E-state index in [0.29, 0.717) is 0 Å². The normalized spacial score (nSPS) is 19.8.